The molecule has 4 nitrogen and oxygen atoms in total. The van der Waals surface area contributed by atoms with E-state index in [4.69, 9.17) is 0 Å². The molecule has 0 bridgehead atoms. The molecule has 1 N–H and O–H groups in total. The Bertz CT molecular complexity index is 722. The van der Waals surface area contributed by atoms with Crippen LogP contribution < -0.4 is 0 Å². The molecule has 3 aromatic heterocycles. The standard InChI is InChI=1S/C14H12BrN3O/c1-9(19)14-13(10-3-2-6-16-7-10)17-12-5-4-11(15)8-18(12)14/h2-9,19H,1H3. The van der Waals surface area contributed by atoms with E-state index in [1.165, 1.54) is 0 Å². The molecular formula is C14H12BrN3O. The molecule has 3 heterocycles. The van der Waals surface area contributed by atoms with Crippen LogP contribution in [0, 0.1) is 0 Å². The van der Waals surface area contributed by atoms with Gasteiger partial charge in [-0.2, -0.15) is 0 Å². The molecule has 0 aliphatic carbocycles. The van der Waals surface area contributed by atoms with E-state index in [2.05, 4.69) is 25.9 Å². The Hall–Kier alpha value is -1.72. The first-order valence-electron chi connectivity index (χ1n) is 5.93. The van der Waals surface area contributed by atoms with Gasteiger partial charge in [0.1, 0.15) is 5.65 Å². The van der Waals surface area contributed by atoms with Gasteiger partial charge in [-0.3, -0.25) is 9.38 Å². The molecule has 1 atom stereocenters. The first kappa shape index (κ1) is 12.3. The van der Waals surface area contributed by atoms with Crippen molar-refractivity contribution in [2.24, 2.45) is 0 Å². The lowest BCUT2D eigenvalue weighted by Gasteiger charge is -2.07. The molecule has 0 aliphatic rings. The maximum atomic E-state index is 10.0. The van der Waals surface area contributed by atoms with Crippen molar-refractivity contribution in [1.29, 1.82) is 0 Å². The Balaban J connectivity index is 2.33. The number of aliphatic hydroxyl groups excluding tert-OH is 1. The van der Waals surface area contributed by atoms with E-state index in [9.17, 15) is 5.11 Å². The van der Waals surface area contributed by atoms with Crippen LogP contribution in [-0.2, 0) is 0 Å². The molecule has 0 saturated carbocycles. The van der Waals surface area contributed by atoms with E-state index in [1.807, 2.05) is 34.9 Å². The molecular weight excluding hydrogens is 306 g/mol. The van der Waals surface area contributed by atoms with Crippen molar-refractivity contribution in [3.8, 4) is 11.3 Å². The van der Waals surface area contributed by atoms with Crippen LogP contribution in [0.1, 0.15) is 18.7 Å². The molecule has 1 unspecified atom stereocenters. The topological polar surface area (TPSA) is 50.4 Å². The molecule has 0 amide bonds. The number of pyridine rings is 2. The molecule has 3 rings (SSSR count). The highest BCUT2D eigenvalue weighted by Gasteiger charge is 2.17. The fraction of sp³-hybridized carbons (Fsp3) is 0.143. The number of hydrogen-bond acceptors (Lipinski definition) is 3. The minimum Gasteiger partial charge on any atom is -0.387 e. The molecule has 96 valence electrons. The highest BCUT2D eigenvalue weighted by molar-refractivity contribution is 9.10. The second kappa shape index (κ2) is 4.75. The Morgan fingerprint density at radius 1 is 1.32 bits per heavy atom. The van der Waals surface area contributed by atoms with Gasteiger partial charge in [0.15, 0.2) is 0 Å². The summed E-state index contributed by atoms with van der Waals surface area (Å²) >= 11 is 3.44. The number of imidazole rings is 1. The minimum absolute atomic E-state index is 0.612. The van der Waals surface area contributed by atoms with Crippen LogP contribution in [-0.4, -0.2) is 19.5 Å². The number of aliphatic hydroxyl groups is 1. The monoisotopic (exact) mass is 317 g/mol. The average molecular weight is 318 g/mol. The summed E-state index contributed by atoms with van der Waals surface area (Å²) < 4.78 is 2.84. The van der Waals surface area contributed by atoms with Gasteiger partial charge in [-0.1, -0.05) is 0 Å². The Kier molecular flexibility index (Phi) is 3.08. The van der Waals surface area contributed by atoms with E-state index in [-0.39, 0.29) is 0 Å². The normalized spacial score (nSPS) is 12.8. The molecule has 0 fully saturated rings. The number of nitrogens with zero attached hydrogens (tertiary/aromatic N) is 3. The van der Waals surface area contributed by atoms with Crippen LogP contribution in [0.5, 0.6) is 0 Å². The molecule has 0 saturated heterocycles. The number of fused-ring (bicyclic) bond motifs is 1. The number of aromatic nitrogens is 3. The van der Waals surface area contributed by atoms with Crippen LogP contribution in [0.25, 0.3) is 16.9 Å². The molecule has 0 spiro atoms. The van der Waals surface area contributed by atoms with Gasteiger partial charge >= 0.3 is 0 Å². The van der Waals surface area contributed by atoms with E-state index in [1.54, 1.807) is 19.3 Å². The van der Waals surface area contributed by atoms with Gasteiger partial charge in [-0.05, 0) is 47.1 Å². The largest absolute Gasteiger partial charge is 0.387 e. The summed E-state index contributed by atoms with van der Waals surface area (Å²) in [4.78, 5) is 8.70. The van der Waals surface area contributed by atoms with Crippen molar-refractivity contribution >= 4 is 21.6 Å². The first-order valence-corrected chi connectivity index (χ1v) is 6.72. The van der Waals surface area contributed by atoms with E-state index in [0.29, 0.717) is 0 Å². The maximum Gasteiger partial charge on any atom is 0.137 e. The molecule has 0 aromatic carbocycles. The quantitative estimate of drug-likeness (QED) is 0.789. The van der Waals surface area contributed by atoms with Crippen LogP contribution >= 0.6 is 15.9 Å². The molecule has 0 aliphatic heterocycles. The van der Waals surface area contributed by atoms with Crippen molar-refractivity contribution in [3.05, 3.63) is 53.0 Å². The highest BCUT2D eigenvalue weighted by Crippen LogP contribution is 2.29. The number of rotatable bonds is 2. The van der Waals surface area contributed by atoms with Gasteiger partial charge in [0, 0.05) is 28.6 Å². The predicted molar refractivity (Wildman–Crippen MR) is 76.8 cm³/mol. The van der Waals surface area contributed by atoms with Crippen LogP contribution in [0.4, 0.5) is 0 Å². The summed E-state index contributed by atoms with van der Waals surface area (Å²) in [6.07, 6.45) is 4.77. The zero-order valence-electron chi connectivity index (χ0n) is 10.3. The SMILES string of the molecule is CC(O)c1c(-c2cccnc2)nc2ccc(Br)cn12. The molecule has 0 radical (unpaired) electrons. The third-order valence-corrected chi connectivity index (χ3v) is 3.42. The predicted octanol–water partition coefficient (Wildman–Crippen LogP) is 3.21. The lowest BCUT2D eigenvalue weighted by atomic mass is 10.1. The fourth-order valence-corrected chi connectivity index (χ4v) is 2.49. The smallest absolute Gasteiger partial charge is 0.137 e. The lowest BCUT2D eigenvalue weighted by Crippen LogP contribution is -1.99. The molecule has 5 heteroatoms. The first-order chi connectivity index (χ1) is 9.16. The zero-order valence-corrected chi connectivity index (χ0v) is 11.9. The van der Waals surface area contributed by atoms with E-state index in [0.717, 1.165) is 27.1 Å². The van der Waals surface area contributed by atoms with Crippen LogP contribution in [0.2, 0.25) is 0 Å². The van der Waals surface area contributed by atoms with Gasteiger partial charge in [-0.25, -0.2) is 4.98 Å². The highest BCUT2D eigenvalue weighted by atomic mass is 79.9. The van der Waals surface area contributed by atoms with Gasteiger partial charge in [-0.15, -0.1) is 0 Å². The van der Waals surface area contributed by atoms with Gasteiger partial charge in [0.2, 0.25) is 0 Å². The summed E-state index contributed by atoms with van der Waals surface area (Å²) in [6, 6.07) is 7.65. The fourth-order valence-electron chi connectivity index (χ4n) is 2.15. The second-order valence-electron chi connectivity index (χ2n) is 4.34. The van der Waals surface area contributed by atoms with Crippen molar-refractivity contribution in [3.63, 3.8) is 0 Å². The summed E-state index contributed by atoms with van der Waals surface area (Å²) in [6.45, 7) is 1.74. The van der Waals surface area contributed by atoms with Crippen molar-refractivity contribution in [2.75, 3.05) is 0 Å². The van der Waals surface area contributed by atoms with Crippen LogP contribution in [0.15, 0.2) is 47.3 Å². The maximum absolute atomic E-state index is 10.0. The third kappa shape index (κ3) is 2.15. The lowest BCUT2D eigenvalue weighted by molar-refractivity contribution is 0.194. The Morgan fingerprint density at radius 2 is 2.16 bits per heavy atom. The van der Waals surface area contributed by atoms with Gasteiger partial charge < -0.3 is 5.11 Å². The summed E-state index contributed by atoms with van der Waals surface area (Å²) in [5.41, 5.74) is 3.24. The van der Waals surface area contributed by atoms with Crippen LogP contribution in [0.3, 0.4) is 0 Å². The Labute approximate surface area is 118 Å². The average Bonchev–Trinajstić information content (AvgIpc) is 2.78. The summed E-state index contributed by atoms with van der Waals surface area (Å²) in [5, 5.41) is 10.0. The molecule has 3 aromatic rings. The second-order valence-corrected chi connectivity index (χ2v) is 5.25. The van der Waals surface area contributed by atoms with Gasteiger partial charge in [0.05, 0.1) is 17.5 Å². The summed E-state index contributed by atoms with van der Waals surface area (Å²) in [5.74, 6) is 0. The zero-order chi connectivity index (χ0) is 13.4. The minimum atomic E-state index is -0.612. The third-order valence-electron chi connectivity index (χ3n) is 2.95. The van der Waals surface area contributed by atoms with Crippen molar-refractivity contribution in [1.82, 2.24) is 14.4 Å². The van der Waals surface area contributed by atoms with Crippen molar-refractivity contribution < 1.29 is 5.11 Å². The van der Waals surface area contributed by atoms with Gasteiger partial charge in [0.25, 0.3) is 0 Å². The number of hydrogen-bond donors (Lipinski definition) is 1. The van der Waals surface area contributed by atoms with E-state index < -0.39 is 6.10 Å². The van der Waals surface area contributed by atoms with Crippen molar-refractivity contribution in [2.45, 2.75) is 13.0 Å². The number of halogens is 1. The molecule has 19 heavy (non-hydrogen) atoms. The van der Waals surface area contributed by atoms with E-state index >= 15 is 0 Å². The summed E-state index contributed by atoms with van der Waals surface area (Å²) in [7, 11) is 0. The Morgan fingerprint density at radius 3 is 2.84 bits per heavy atom.